The van der Waals surface area contributed by atoms with E-state index in [4.69, 9.17) is 0 Å². The summed E-state index contributed by atoms with van der Waals surface area (Å²) in [5, 5.41) is 0. The number of anilines is 6. The van der Waals surface area contributed by atoms with Crippen molar-refractivity contribution in [3.05, 3.63) is 158 Å². The predicted octanol–water partition coefficient (Wildman–Crippen LogP) is 16.7. The number of nitrogens with zero attached hydrogens (tertiary/aromatic N) is 2. The van der Waals surface area contributed by atoms with Gasteiger partial charge in [-0.15, -0.1) is 0 Å². The molecule has 0 fully saturated rings. The number of hydrogen-bond donors (Lipinski definition) is 0. The Balaban J connectivity index is 1.68. The fourth-order valence-corrected chi connectivity index (χ4v) is 11.2. The predicted molar refractivity (Wildman–Crippen MR) is 257 cm³/mol. The number of rotatable bonds is 3. The highest BCUT2D eigenvalue weighted by molar-refractivity contribution is 6.05. The van der Waals surface area contributed by atoms with Crippen LogP contribution in [0.15, 0.2) is 30.3 Å². The fourth-order valence-electron chi connectivity index (χ4n) is 11.2. The van der Waals surface area contributed by atoms with Crippen molar-refractivity contribution in [3.8, 4) is 11.1 Å². The molecule has 0 amide bonds. The van der Waals surface area contributed by atoms with Crippen LogP contribution in [0.3, 0.4) is 0 Å². The molecular weight excluding hydrogens is 770 g/mol. The molecule has 0 spiro atoms. The van der Waals surface area contributed by atoms with Gasteiger partial charge >= 0.3 is 6.18 Å². The van der Waals surface area contributed by atoms with E-state index < -0.39 is 11.7 Å². The topological polar surface area (TPSA) is 6.48 Å². The summed E-state index contributed by atoms with van der Waals surface area (Å²) in [4.78, 5) is 4.80. The van der Waals surface area contributed by atoms with E-state index in [1.165, 1.54) is 95.1 Å². The van der Waals surface area contributed by atoms with E-state index in [0.29, 0.717) is 11.1 Å². The van der Waals surface area contributed by atoms with Crippen molar-refractivity contribution in [2.45, 2.75) is 144 Å². The van der Waals surface area contributed by atoms with Crippen LogP contribution in [0.1, 0.15) is 128 Å². The third kappa shape index (κ3) is 5.96. The molecule has 6 aromatic rings. The van der Waals surface area contributed by atoms with Gasteiger partial charge in [0.25, 0.3) is 0 Å². The molecule has 0 saturated heterocycles. The molecule has 0 bridgehead atoms. The molecule has 0 saturated carbocycles. The van der Waals surface area contributed by atoms with Gasteiger partial charge in [0.05, 0.1) is 39.7 Å². The van der Waals surface area contributed by atoms with Gasteiger partial charge in [-0.2, -0.15) is 13.2 Å². The third-order valence-corrected chi connectivity index (χ3v) is 16.3. The van der Waals surface area contributed by atoms with E-state index in [9.17, 15) is 0 Å². The summed E-state index contributed by atoms with van der Waals surface area (Å²) in [5.41, 5.74) is 32.1. The summed E-state index contributed by atoms with van der Waals surface area (Å²) < 4.78 is 47.8. The number of hydrogen-bond acceptors (Lipinski definition) is 2. The van der Waals surface area contributed by atoms with Crippen molar-refractivity contribution >= 4 is 34.1 Å². The van der Waals surface area contributed by atoms with Crippen molar-refractivity contribution < 1.29 is 13.2 Å². The van der Waals surface area contributed by atoms with Crippen LogP contribution in [0.4, 0.5) is 47.3 Å². The van der Waals surface area contributed by atoms with Gasteiger partial charge in [0.2, 0.25) is 0 Å². The maximum Gasteiger partial charge on any atom is 0.417 e. The van der Waals surface area contributed by atoms with Gasteiger partial charge in [-0.3, -0.25) is 0 Å². The lowest BCUT2D eigenvalue weighted by Gasteiger charge is -2.43. The molecule has 322 valence electrons. The molecule has 2 nitrogen and oxygen atoms in total. The van der Waals surface area contributed by atoms with Crippen LogP contribution in [0.5, 0.6) is 0 Å². The van der Waals surface area contributed by atoms with E-state index in [0.717, 1.165) is 74.8 Å². The largest absolute Gasteiger partial charge is 0.417 e. The van der Waals surface area contributed by atoms with Crippen LogP contribution in [0.2, 0.25) is 0 Å². The molecule has 8 rings (SSSR count). The van der Waals surface area contributed by atoms with Gasteiger partial charge in [0.1, 0.15) is 0 Å². The molecule has 0 aliphatic carbocycles. The molecule has 2 aliphatic rings. The summed E-state index contributed by atoms with van der Waals surface area (Å²) in [5.74, 6) is 0. The van der Waals surface area contributed by atoms with E-state index in [1.807, 2.05) is 13.0 Å². The molecule has 2 aliphatic heterocycles. The average molecular weight is 833 g/mol. The molecule has 0 N–H and O–H groups in total. The van der Waals surface area contributed by atoms with Gasteiger partial charge in [0, 0.05) is 24.0 Å². The second-order valence-electron chi connectivity index (χ2n) is 19.0. The number of alkyl halides is 3. The zero-order chi connectivity index (χ0) is 45.5. The second-order valence-corrected chi connectivity index (χ2v) is 19.0. The summed E-state index contributed by atoms with van der Waals surface area (Å²) in [7, 11) is 0. The van der Waals surface area contributed by atoms with Gasteiger partial charge in [0.15, 0.2) is 0 Å². The van der Waals surface area contributed by atoms with Crippen molar-refractivity contribution in [3.63, 3.8) is 0 Å². The van der Waals surface area contributed by atoms with E-state index in [1.54, 1.807) is 6.07 Å². The van der Waals surface area contributed by atoms with Crippen LogP contribution in [-0.4, -0.2) is 0 Å². The second kappa shape index (κ2) is 14.6. The summed E-state index contributed by atoms with van der Waals surface area (Å²) in [6, 6.07) is 9.03. The minimum Gasteiger partial charge on any atom is -0.309 e. The third-order valence-electron chi connectivity index (χ3n) is 16.3. The quantitative estimate of drug-likeness (QED) is 0.175. The van der Waals surface area contributed by atoms with Crippen molar-refractivity contribution in [1.82, 2.24) is 0 Å². The highest BCUT2D eigenvalue weighted by Crippen LogP contribution is 2.60. The monoisotopic (exact) mass is 832 g/mol. The number of benzene rings is 6. The first-order valence-electron chi connectivity index (χ1n) is 22.2. The van der Waals surface area contributed by atoms with Crippen LogP contribution in [-0.2, 0) is 19.0 Å². The standard InChI is InChI=1S/C57H63F3N2/c1-26-22-49(61-53-40(15)32(7)28(3)36(11)44(53)24-45-37(12)29(4)33(8)41(16)54(45)61)52(51-27(2)20-19-21-48(51)57(58,59)60)50(23-26)62-55-42(17)34(9)30(5)38(13)46(55)25-47-39(14)31(6)35(10)43(18)56(47)62/h19-23H,24-25H2,1-18H3. The molecule has 0 atom stereocenters. The molecule has 0 radical (unpaired) electrons. The summed E-state index contributed by atoms with van der Waals surface area (Å²) in [6.45, 7) is 39.3. The van der Waals surface area contributed by atoms with Crippen molar-refractivity contribution in [2.75, 3.05) is 9.80 Å². The minimum absolute atomic E-state index is 0.222. The highest BCUT2D eigenvalue weighted by atomic mass is 19.4. The first kappa shape index (κ1) is 43.4. The molecule has 6 aromatic carbocycles. The van der Waals surface area contributed by atoms with Crippen molar-refractivity contribution in [1.29, 1.82) is 0 Å². The Hall–Kier alpha value is -5.29. The van der Waals surface area contributed by atoms with Crippen LogP contribution in [0.25, 0.3) is 11.1 Å². The summed E-state index contributed by atoms with van der Waals surface area (Å²) in [6.07, 6.45) is -3.09. The Morgan fingerprint density at radius 3 is 0.952 bits per heavy atom. The SMILES string of the molecule is Cc1cc(N2c3c(C)c(C)c(C)c(C)c3Cc3c(C)c(C)c(C)c(C)c32)c(-c2c(C)cccc2C(F)(F)F)c(N2c3c(C)c(C)c(C)c(C)c3Cc3c(C)c(C)c(C)c(C)c32)c1. The zero-order valence-electron chi connectivity index (χ0n) is 40.3. The fraction of sp³-hybridized carbons (Fsp3) is 0.368. The molecule has 62 heavy (non-hydrogen) atoms. The number of aryl methyl sites for hydroxylation is 2. The van der Waals surface area contributed by atoms with Crippen LogP contribution >= 0.6 is 0 Å². The lowest BCUT2D eigenvalue weighted by molar-refractivity contribution is -0.137. The van der Waals surface area contributed by atoms with Gasteiger partial charge < -0.3 is 9.80 Å². The number of halogens is 3. The Kier molecular flexibility index (Phi) is 10.2. The first-order valence-corrected chi connectivity index (χ1v) is 22.2. The highest BCUT2D eigenvalue weighted by Gasteiger charge is 2.41. The lowest BCUT2D eigenvalue weighted by atomic mass is 9.79. The van der Waals surface area contributed by atoms with Gasteiger partial charge in [-0.1, -0.05) is 12.1 Å². The normalized spacial score (nSPS) is 13.4. The lowest BCUT2D eigenvalue weighted by Crippen LogP contribution is -2.27. The Morgan fingerprint density at radius 1 is 0.371 bits per heavy atom. The van der Waals surface area contributed by atoms with Crippen LogP contribution in [0, 0.1) is 125 Å². The summed E-state index contributed by atoms with van der Waals surface area (Å²) >= 11 is 0. The Morgan fingerprint density at radius 2 is 0.661 bits per heavy atom. The molecule has 0 aromatic heterocycles. The molecule has 5 heteroatoms. The van der Waals surface area contributed by atoms with E-state index >= 15 is 13.2 Å². The average Bonchev–Trinajstić information content (AvgIpc) is 3.23. The van der Waals surface area contributed by atoms with Gasteiger partial charge in [-0.05, 0) is 265 Å². The Labute approximate surface area is 368 Å². The van der Waals surface area contributed by atoms with E-state index in [2.05, 4.69) is 140 Å². The van der Waals surface area contributed by atoms with Crippen molar-refractivity contribution in [2.24, 2.45) is 0 Å². The Bertz CT molecular complexity index is 2670. The maximum atomic E-state index is 15.9. The first-order chi connectivity index (χ1) is 28.9. The van der Waals surface area contributed by atoms with E-state index in [-0.39, 0.29) is 5.56 Å². The molecule has 0 unspecified atom stereocenters. The zero-order valence-corrected chi connectivity index (χ0v) is 40.3. The number of fused-ring (bicyclic) bond motifs is 4. The minimum atomic E-state index is -4.61. The molecular formula is C57H63F3N2. The maximum absolute atomic E-state index is 15.9. The van der Waals surface area contributed by atoms with Gasteiger partial charge in [-0.25, -0.2) is 0 Å². The molecule has 2 heterocycles. The smallest absolute Gasteiger partial charge is 0.309 e. The van der Waals surface area contributed by atoms with Crippen LogP contribution < -0.4 is 9.80 Å².